The van der Waals surface area contributed by atoms with Crippen LogP contribution in [0, 0.1) is 12.7 Å². The zero-order valence-electron chi connectivity index (χ0n) is 13.3. The van der Waals surface area contributed by atoms with E-state index in [0.29, 0.717) is 0 Å². The van der Waals surface area contributed by atoms with Gasteiger partial charge in [-0.2, -0.15) is 0 Å². The molecule has 0 aliphatic rings. The summed E-state index contributed by atoms with van der Waals surface area (Å²) >= 11 is 0. The number of carbonyl (C=O) groups excluding carboxylic acids is 2. The van der Waals surface area contributed by atoms with E-state index in [9.17, 15) is 22.4 Å². The number of furan rings is 1. The van der Waals surface area contributed by atoms with Gasteiger partial charge in [0.05, 0.1) is 11.5 Å². The van der Waals surface area contributed by atoms with E-state index in [1.807, 2.05) is 4.72 Å². The van der Waals surface area contributed by atoms with Gasteiger partial charge in [0.15, 0.2) is 0 Å². The van der Waals surface area contributed by atoms with Gasteiger partial charge in [0.2, 0.25) is 5.88 Å². The minimum atomic E-state index is -4.20. The van der Waals surface area contributed by atoms with Crippen LogP contribution < -0.4 is 10.5 Å². The van der Waals surface area contributed by atoms with Crippen molar-refractivity contribution in [2.45, 2.75) is 18.7 Å². The van der Waals surface area contributed by atoms with Gasteiger partial charge in [-0.25, -0.2) is 22.3 Å². The van der Waals surface area contributed by atoms with Crippen LogP contribution in [0.5, 0.6) is 0 Å². The minimum absolute atomic E-state index is 0.0379. The number of esters is 1. The van der Waals surface area contributed by atoms with Crippen LogP contribution in [-0.4, -0.2) is 26.9 Å². The third kappa shape index (κ3) is 3.79. The van der Waals surface area contributed by atoms with Crippen LogP contribution in [0.15, 0.2) is 33.6 Å². The molecular formula is C15H15FN2O6S. The molecule has 2 rings (SSSR count). The molecule has 1 aromatic heterocycles. The number of carbonyl (C=O) groups is 2. The number of halogens is 1. The van der Waals surface area contributed by atoms with E-state index in [0.717, 1.165) is 24.3 Å². The molecule has 0 atom stereocenters. The summed E-state index contributed by atoms with van der Waals surface area (Å²) in [6, 6.07) is 3.98. The summed E-state index contributed by atoms with van der Waals surface area (Å²) in [5, 5.41) is 0. The number of benzene rings is 1. The molecule has 0 saturated heterocycles. The zero-order chi connectivity index (χ0) is 18.8. The Morgan fingerprint density at radius 3 is 2.36 bits per heavy atom. The number of hydrogen-bond donors (Lipinski definition) is 2. The first-order valence-corrected chi connectivity index (χ1v) is 8.54. The van der Waals surface area contributed by atoms with Gasteiger partial charge >= 0.3 is 5.97 Å². The Hall–Kier alpha value is -2.88. The Kier molecular flexibility index (Phi) is 5.12. The maximum absolute atomic E-state index is 12.9. The molecule has 0 aliphatic heterocycles. The summed E-state index contributed by atoms with van der Waals surface area (Å²) in [6.45, 7) is 2.96. The van der Waals surface area contributed by atoms with Crippen molar-refractivity contribution in [3.63, 3.8) is 0 Å². The summed E-state index contributed by atoms with van der Waals surface area (Å²) < 4.78 is 49.7. The predicted octanol–water partition coefficient (Wildman–Crippen LogP) is 1.80. The molecule has 2 aromatic rings. The molecule has 1 aromatic carbocycles. The van der Waals surface area contributed by atoms with Crippen LogP contribution in [-0.2, 0) is 14.8 Å². The van der Waals surface area contributed by atoms with Crippen molar-refractivity contribution in [2.24, 2.45) is 5.73 Å². The van der Waals surface area contributed by atoms with Crippen LogP contribution >= 0.6 is 0 Å². The first-order chi connectivity index (χ1) is 11.7. The molecule has 3 N–H and O–H groups in total. The highest BCUT2D eigenvalue weighted by Gasteiger charge is 2.30. The largest absolute Gasteiger partial charge is 0.462 e. The molecule has 10 heteroatoms. The van der Waals surface area contributed by atoms with E-state index in [4.69, 9.17) is 14.9 Å². The summed E-state index contributed by atoms with van der Waals surface area (Å²) in [7, 11) is -4.20. The average Bonchev–Trinajstić information content (AvgIpc) is 2.83. The molecule has 1 amide bonds. The molecular weight excluding hydrogens is 355 g/mol. The van der Waals surface area contributed by atoms with E-state index < -0.39 is 39.2 Å². The van der Waals surface area contributed by atoms with Gasteiger partial charge in [-0.05, 0) is 38.1 Å². The normalized spacial score (nSPS) is 11.2. The number of hydrogen-bond acceptors (Lipinski definition) is 6. The summed E-state index contributed by atoms with van der Waals surface area (Å²) in [5.74, 6) is -3.11. The SMILES string of the molecule is CCOC(=O)c1c(C)oc(NS(=O)(=O)c2ccc(F)cc2)c1C(N)=O. The highest BCUT2D eigenvalue weighted by Crippen LogP contribution is 2.29. The Bertz CT molecular complexity index is 918. The Balaban J connectivity index is 2.49. The standard InChI is InChI=1S/C15H15FN2O6S/c1-3-23-15(20)11-8(2)24-14(12(11)13(17)19)18-25(21,22)10-6-4-9(16)5-7-10/h4-7,18H,3H2,1-2H3,(H2,17,19). The first kappa shape index (κ1) is 18.5. The lowest BCUT2D eigenvalue weighted by atomic mass is 10.1. The second-order valence-electron chi connectivity index (χ2n) is 4.88. The molecule has 0 unspecified atom stereocenters. The third-order valence-corrected chi connectivity index (χ3v) is 4.51. The van der Waals surface area contributed by atoms with Crippen molar-refractivity contribution in [3.05, 3.63) is 47.0 Å². The number of aryl methyl sites for hydroxylation is 1. The van der Waals surface area contributed by atoms with E-state index in [1.165, 1.54) is 6.92 Å². The number of nitrogens with one attached hydrogen (secondary N) is 1. The van der Waals surface area contributed by atoms with Crippen molar-refractivity contribution < 1.29 is 31.6 Å². The zero-order valence-corrected chi connectivity index (χ0v) is 14.1. The number of nitrogens with two attached hydrogens (primary N) is 1. The van der Waals surface area contributed by atoms with E-state index >= 15 is 0 Å². The molecule has 0 saturated carbocycles. The fraction of sp³-hybridized carbons (Fsp3) is 0.200. The highest BCUT2D eigenvalue weighted by molar-refractivity contribution is 7.92. The van der Waals surface area contributed by atoms with Crippen LogP contribution in [0.3, 0.4) is 0 Å². The van der Waals surface area contributed by atoms with Gasteiger partial charge in [0.1, 0.15) is 22.7 Å². The van der Waals surface area contributed by atoms with Crippen molar-refractivity contribution in [1.29, 1.82) is 0 Å². The van der Waals surface area contributed by atoms with E-state index in [1.54, 1.807) is 6.92 Å². The minimum Gasteiger partial charge on any atom is -0.462 e. The average molecular weight is 370 g/mol. The second kappa shape index (κ2) is 6.93. The Morgan fingerprint density at radius 2 is 1.84 bits per heavy atom. The molecule has 0 aliphatic carbocycles. The third-order valence-electron chi connectivity index (χ3n) is 3.16. The molecule has 0 spiro atoms. The maximum Gasteiger partial charge on any atom is 0.342 e. The van der Waals surface area contributed by atoms with Crippen molar-refractivity contribution in [1.82, 2.24) is 0 Å². The van der Waals surface area contributed by atoms with Crippen LogP contribution in [0.1, 0.15) is 33.4 Å². The molecule has 8 nitrogen and oxygen atoms in total. The monoisotopic (exact) mass is 370 g/mol. The van der Waals surface area contributed by atoms with E-state index in [2.05, 4.69) is 0 Å². The summed E-state index contributed by atoms with van der Waals surface area (Å²) in [4.78, 5) is 23.4. The molecule has 0 fully saturated rings. The van der Waals surface area contributed by atoms with Gasteiger partial charge in [-0.1, -0.05) is 0 Å². The van der Waals surface area contributed by atoms with Crippen LogP contribution in [0.25, 0.3) is 0 Å². The Morgan fingerprint density at radius 1 is 1.24 bits per heavy atom. The maximum atomic E-state index is 12.9. The summed E-state index contributed by atoms with van der Waals surface area (Å²) in [5.41, 5.74) is 4.55. The second-order valence-corrected chi connectivity index (χ2v) is 6.56. The molecule has 0 radical (unpaired) electrons. The molecule has 1 heterocycles. The fourth-order valence-electron chi connectivity index (χ4n) is 2.10. The molecule has 25 heavy (non-hydrogen) atoms. The van der Waals surface area contributed by atoms with Crippen molar-refractivity contribution in [3.8, 4) is 0 Å². The summed E-state index contributed by atoms with van der Waals surface area (Å²) in [6.07, 6.45) is 0. The Labute approximate surface area is 142 Å². The number of ether oxygens (including phenoxy) is 1. The lowest BCUT2D eigenvalue weighted by Gasteiger charge is -2.07. The number of primary amides is 1. The van der Waals surface area contributed by atoms with Gasteiger partial charge in [0, 0.05) is 0 Å². The molecule has 134 valence electrons. The lowest BCUT2D eigenvalue weighted by Crippen LogP contribution is -2.20. The predicted molar refractivity (Wildman–Crippen MR) is 85.1 cm³/mol. The quantitative estimate of drug-likeness (QED) is 0.746. The van der Waals surface area contributed by atoms with Gasteiger partial charge < -0.3 is 14.9 Å². The number of rotatable bonds is 6. The van der Waals surface area contributed by atoms with Crippen LogP contribution in [0.2, 0.25) is 0 Å². The highest BCUT2D eigenvalue weighted by atomic mass is 32.2. The van der Waals surface area contributed by atoms with Crippen molar-refractivity contribution in [2.75, 3.05) is 11.3 Å². The number of sulfonamides is 1. The molecule has 0 bridgehead atoms. The number of anilines is 1. The number of amides is 1. The topological polar surface area (TPSA) is 129 Å². The fourth-order valence-corrected chi connectivity index (χ4v) is 3.10. The van der Waals surface area contributed by atoms with Gasteiger partial charge in [0.25, 0.3) is 15.9 Å². The van der Waals surface area contributed by atoms with Gasteiger partial charge in [-0.3, -0.25) is 4.79 Å². The van der Waals surface area contributed by atoms with Crippen LogP contribution in [0.4, 0.5) is 10.3 Å². The lowest BCUT2D eigenvalue weighted by molar-refractivity contribution is 0.0521. The van der Waals surface area contributed by atoms with Crippen molar-refractivity contribution >= 4 is 27.8 Å². The van der Waals surface area contributed by atoms with E-state index in [-0.39, 0.29) is 22.8 Å². The smallest absolute Gasteiger partial charge is 0.342 e. The van der Waals surface area contributed by atoms with Gasteiger partial charge in [-0.15, -0.1) is 0 Å². The first-order valence-electron chi connectivity index (χ1n) is 7.06.